The minimum Gasteiger partial charge on any atom is -0.467 e. The molecule has 1 aliphatic carbocycles. The van der Waals surface area contributed by atoms with Gasteiger partial charge in [0, 0.05) is 23.7 Å². The summed E-state index contributed by atoms with van der Waals surface area (Å²) in [5.41, 5.74) is 1.52. The predicted molar refractivity (Wildman–Crippen MR) is 124 cm³/mol. The third kappa shape index (κ3) is 4.19. The van der Waals surface area contributed by atoms with Crippen LogP contribution in [0.1, 0.15) is 32.0 Å². The number of amides is 2. The number of carbonyl (C=O) groups excluding carboxylic acids is 3. The van der Waals surface area contributed by atoms with Gasteiger partial charge in [-0.3, -0.25) is 9.59 Å². The molecule has 0 radical (unpaired) electrons. The molecule has 33 heavy (non-hydrogen) atoms. The van der Waals surface area contributed by atoms with E-state index in [2.05, 4.69) is 5.32 Å². The average molecular weight is 436 g/mol. The molecule has 3 aromatic carbocycles. The molecule has 4 aromatic rings. The van der Waals surface area contributed by atoms with Crippen molar-refractivity contribution in [1.82, 2.24) is 10.2 Å². The van der Waals surface area contributed by atoms with E-state index in [4.69, 9.17) is 4.42 Å². The lowest BCUT2D eigenvalue weighted by Gasteiger charge is -2.24. The van der Waals surface area contributed by atoms with Crippen molar-refractivity contribution in [3.05, 3.63) is 119 Å². The Hall–Kier alpha value is -4.45. The first-order chi connectivity index (χ1) is 16.1. The summed E-state index contributed by atoms with van der Waals surface area (Å²) in [5, 5.41) is 4.39. The maximum atomic E-state index is 13.2. The van der Waals surface area contributed by atoms with Gasteiger partial charge in [-0.2, -0.15) is 0 Å². The Morgan fingerprint density at radius 3 is 2.21 bits per heavy atom. The average Bonchev–Trinajstić information content (AvgIpc) is 3.35. The molecule has 1 heterocycles. The Bertz CT molecular complexity index is 1390. The van der Waals surface area contributed by atoms with E-state index in [-0.39, 0.29) is 29.4 Å². The Kier molecular flexibility index (Phi) is 5.32. The zero-order valence-electron chi connectivity index (χ0n) is 17.7. The summed E-state index contributed by atoms with van der Waals surface area (Å²) >= 11 is 0. The van der Waals surface area contributed by atoms with Crippen LogP contribution in [0.5, 0.6) is 0 Å². The summed E-state index contributed by atoms with van der Waals surface area (Å²) < 4.78 is 5.41. The van der Waals surface area contributed by atoms with Gasteiger partial charge in [0.1, 0.15) is 5.76 Å². The third-order valence-corrected chi connectivity index (χ3v) is 5.59. The molecule has 162 valence electrons. The van der Waals surface area contributed by atoms with Gasteiger partial charge in [0.25, 0.3) is 0 Å². The molecule has 0 saturated heterocycles. The first-order valence-electron chi connectivity index (χ1n) is 10.5. The highest BCUT2D eigenvalue weighted by atomic mass is 16.3. The van der Waals surface area contributed by atoms with Crippen LogP contribution in [0.3, 0.4) is 0 Å². The molecule has 0 spiro atoms. The largest absolute Gasteiger partial charge is 0.467 e. The SMILES string of the molecule is O=C1C=C(NC(=O)N(Cc2ccccc2)Cc2ccco2)C(=O)c2cc3ccccc3cc21. The van der Waals surface area contributed by atoms with Crippen LogP contribution in [0, 0.1) is 0 Å². The molecule has 0 saturated carbocycles. The van der Waals surface area contributed by atoms with Gasteiger partial charge in [-0.25, -0.2) is 4.79 Å². The summed E-state index contributed by atoms with van der Waals surface area (Å²) in [6.07, 6.45) is 2.74. The predicted octanol–water partition coefficient (Wildman–Crippen LogP) is 5.11. The molecule has 0 bridgehead atoms. The normalized spacial score (nSPS) is 12.9. The lowest BCUT2D eigenvalue weighted by Crippen LogP contribution is -2.41. The monoisotopic (exact) mass is 436 g/mol. The van der Waals surface area contributed by atoms with Crippen LogP contribution in [0.25, 0.3) is 10.8 Å². The number of rotatable bonds is 5. The number of furan rings is 1. The topological polar surface area (TPSA) is 79.6 Å². The summed E-state index contributed by atoms with van der Waals surface area (Å²) in [5.74, 6) is -0.0921. The second-order valence-electron chi connectivity index (χ2n) is 7.85. The van der Waals surface area contributed by atoms with Crippen molar-refractivity contribution in [3.63, 3.8) is 0 Å². The van der Waals surface area contributed by atoms with Crippen molar-refractivity contribution in [3.8, 4) is 0 Å². The minimum atomic E-state index is -0.494. The van der Waals surface area contributed by atoms with Crippen molar-refractivity contribution in [1.29, 1.82) is 0 Å². The van der Waals surface area contributed by atoms with Crippen LogP contribution >= 0.6 is 0 Å². The van der Waals surface area contributed by atoms with Crippen molar-refractivity contribution in [2.24, 2.45) is 0 Å². The van der Waals surface area contributed by atoms with Crippen LogP contribution < -0.4 is 5.32 Å². The van der Waals surface area contributed by atoms with Crippen molar-refractivity contribution >= 4 is 28.4 Å². The smallest absolute Gasteiger partial charge is 0.322 e. The second kappa shape index (κ2) is 8.59. The van der Waals surface area contributed by atoms with Crippen LogP contribution in [0.4, 0.5) is 4.79 Å². The summed E-state index contributed by atoms with van der Waals surface area (Å²) in [7, 11) is 0. The zero-order chi connectivity index (χ0) is 22.8. The van der Waals surface area contributed by atoms with E-state index in [9.17, 15) is 14.4 Å². The van der Waals surface area contributed by atoms with Crippen LogP contribution in [0.2, 0.25) is 0 Å². The molecule has 1 aromatic heterocycles. The number of allylic oxidation sites excluding steroid dienone is 2. The van der Waals surface area contributed by atoms with E-state index >= 15 is 0 Å². The van der Waals surface area contributed by atoms with Gasteiger partial charge < -0.3 is 14.6 Å². The molecular weight excluding hydrogens is 416 g/mol. The maximum absolute atomic E-state index is 13.2. The number of nitrogens with one attached hydrogen (secondary N) is 1. The molecule has 2 amide bonds. The number of nitrogens with zero attached hydrogens (tertiary/aromatic N) is 1. The van der Waals surface area contributed by atoms with Crippen molar-refractivity contribution in [2.45, 2.75) is 13.1 Å². The van der Waals surface area contributed by atoms with Gasteiger partial charge in [-0.1, -0.05) is 54.6 Å². The zero-order valence-corrected chi connectivity index (χ0v) is 17.7. The van der Waals surface area contributed by atoms with E-state index in [0.29, 0.717) is 17.9 Å². The molecule has 1 N–H and O–H groups in total. The Balaban J connectivity index is 1.42. The van der Waals surface area contributed by atoms with E-state index in [1.165, 1.54) is 11.0 Å². The van der Waals surface area contributed by atoms with Crippen LogP contribution in [-0.2, 0) is 13.1 Å². The van der Waals surface area contributed by atoms with Gasteiger partial charge in [0.15, 0.2) is 5.78 Å². The van der Waals surface area contributed by atoms with Crippen LogP contribution in [-0.4, -0.2) is 22.5 Å². The number of fused-ring (bicyclic) bond motifs is 2. The number of hydrogen-bond donors (Lipinski definition) is 1. The van der Waals surface area contributed by atoms with E-state index < -0.39 is 6.03 Å². The van der Waals surface area contributed by atoms with Gasteiger partial charge in [-0.15, -0.1) is 0 Å². The quantitative estimate of drug-likeness (QED) is 0.472. The summed E-state index contributed by atoms with van der Waals surface area (Å²) in [6.45, 7) is 0.522. The molecule has 0 unspecified atom stereocenters. The first kappa shape index (κ1) is 20.5. The van der Waals surface area contributed by atoms with Gasteiger partial charge in [-0.05, 0) is 40.6 Å². The Morgan fingerprint density at radius 2 is 1.52 bits per heavy atom. The molecule has 6 heteroatoms. The third-order valence-electron chi connectivity index (χ3n) is 5.59. The second-order valence-corrected chi connectivity index (χ2v) is 7.85. The highest BCUT2D eigenvalue weighted by molar-refractivity contribution is 6.26. The lowest BCUT2D eigenvalue weighted by molar-refractivity contribution is 0.0977. The number of benzene rings is 3. The fourth-order valence-electron chi connectivity index (χ4n) is 3.93. The molecule has 1 aliphatic rings. The van der Waals surface area contributed by atoms with E-state index in [1.807, 2.05) is 54.6 Å². The molecule has 0 fully saturated rings. The Labute approximate surface area is 190 Å². The highest BCUT2D eigenvalue weighted by Gasteiger charge is 2.28. The fraction of sp³-hybridized carbons (Fsp3) is 0.0741. The van der Waals surface area contributed by atoms with Crippen LogP contribution in [0.15, 0.2) is 101 Å². The first-order valence-corrected chi connectivity index (χ1v) is 10.5. The van der Waals surface area contributed by atoms with E-state index in [1.54, 1.807) is 30.5 Å². The minimum absolute atomic E-state index is 0.0368. The number of ketones is 2. The summed E-state index contributed by atoms with van der Waals surface area (Å²) in [6, 6.07) is 23.5. The standard InChI is InChI=1S/C27H20N2O4/c30-25-15-24(26(31)23-14-20-10-5-4-9-19(20)13-22(23)25)28-27(32)29(17-21-11-6-12-33-21)16-18-7-2-1-3-8-18/h1-15H,16-17H2,(H,28,32). The number of hydrogen-bond acceptors (Lipinski definition) is 4. The lowest BCUT2D eigenvalue weighted by atomic mass is 9.90. The molecule has 0 atom stereocenters. The molecule has 6 nitrogen and oxygen atoms in total. The number of carbonyl (C=O) groups is 3. The number of Topliss-reactive ketones (excluding diaryl/α,β-unsaturated/α-hetero) is 1. The van der Waals surface area contributed by atoms with Gasteiger partial charge in [0.05, 0.1) is 18.5 Å². The molecular formula is C27H20N2O4. The van der Waals surface area contributed by atoms with Gasteiger partial charge in [0.2, 0.25) is 5.78 Å². The van der Waals surface area contributed by atoms with E-state index in [0.717, 1.165) is 16.3 Å². The maximum Gasteiger partial charge on any atom is 0.322 e. The summed E-state index contributed by atoms with van der Waals surface area (Å²) in [4.78, 5) is 40.7. The highest BCUT2D eigenvalue weighted by Crippen LogP contribution is 2.26. The fourth-order valence-corrected chi connectivity index (χ4v) is 3.93. The Morgan fingerprint density at radius 1 is 0.818 bits per heavy atom. The molecule has 5 rings (SSSR count). The number of urea groups is 1. The van der Waals surface area contributed by atoms with Gasteiger partial charge >= 0.3 is 6.03 Å². The van der Waals surface area contributed by atoms with Crippen molar-refractivity contribution < 1.29 is 18.8 Å². The molecule has 0 aliphatic heterocycles. The van der Waals surface area contributed by atoms with Crippen molar-refractivity contribution in [2.75, 3.05) is 0 Å².